The minimum atomic E-state index is -0.408. The minimum Gasteiger partial charge on any atom is -0.380 e. The molecule has 1 aliphatic rings. The van der Waals surface area contributed by atoms with Crippen LogP contribution in [0.3, 0.4) is 0 Å². The standard InChI is InChI=1S/C11H23NO3.C3H8.C2H6/c1-11(2)14-9-10(15-11)5-7-13-8-6-12(3)4;1-3-2;1-2/h10H,5-9H2,1-4H3;3H2,1-2H3;1-2H3. The molecule has 1 heterocycles. The molecule has 0 amide bonds. The molecule has 0 bridgehead atoms. The van der Waals surface area contributed by atoms with E-state index in [0.29, 0.717) is 6.61 Å². The van der Waals surface area contributed by atoms with Crippen LogP contribution in [0, 0.1) is 0 Å². The van der Waals surface area contributed by atoms with Gasteiger partial charge in [0.05, 0.1) is 19.3 Å². The second-order valence-corrected chi connectivity index (χ2v) is 5.36. The van der Waals surface area contributed by atoms with Gasteiger partial charge in [-0.3, -0.25) is 0 Å². The Labute approximate surface area is 126 Å². The van der Waals surface area contributed by atoms with Crippen LogP contribution >= 0.6 is 0 Å². The van der Waals surface area contributed by atoms with Crippen molar-refractivity contribution in [1.82, 2.24) is 4.90 Å². The Morgan fingerprint density at radius 2 is 1.70 bits per heavy atom. The van der Waals surface area contributed by atoms with Crippen LogP contribution in [-0.2, 0) is 14.2 Å². The summed E-state index contributed by atoms with van der Waals surface area (Å²) >= 11 is 0. The number of hydrogen-bond acceptors (Lipinski definition) is 4. The Morgan fingerprint density at radius 3 is 2.10 bits per heavy atom. The largest absolute Gasteiger partial charge is 0.380 e. The van der Waals surface area contributed by atoms with E-state index in [-0.39, 0.29) is 6.10 Å². The molecular formula is C16H37NO3. The van der Waals surface area contributed by atoms with Crippen LogP contribution < -0.4 is 0 Å². The van der Waals surface area contributed by atoms with Crippen LogP contribution in [0.15, 0.2) is 0 Å². The molecule has 0 aromatic carbocycles. The lowest BCUT2D eigenvalue weighted by atomic mass is 10.3. The molecule has 1 atom stereocenters. The van der Waals surface area contributed by atoms with Gasteiger partial charge in [0.25, 0.3) is 0 Å². The van der Waals surface area contributed by atoms with Crippen molar-refractivity contribution in [1.29, 1.82) is 0 Å². The predicted molar refractivity (Wildman–Crippen MR) is 86.2 cm³/mol. The predicted octanol–water partition coefficient (Wildman–Crippen LogP) is 3.55. The molecule has 0 aromatic heterocycles. The van der Waals surface area contributed by atoms with E-state index in [9.17, 15) is 0 Å². The van der Waals surface area contributed by atoms with Gasteiger partial charge in [-0.05, 0) is 34.4 Å². The molecule has 0 N–H and O–H groups in total. The molecule has 0 aliphatic carbocycles. The Morgan fingerprint density at radius 1 is 1.15 bits per heavy atom. The third-order valence-electron chi connectivity index (χ3n) is 2.33. The summed E-state index contributed by atoms with van der Waals surface area (Å²) in [5.74, 6) is -0.408. The number of ether oxygens (including phenoxy) is 3. The summed E-state index contributed by atoms with van der Waals surface area (Å²) < 4.78 is 16.6. The van der Waals surface area contributed by atoms with Gasteiger partial charge in [-0.25, -0.2) is 0 Å². The first-order valence-corrected chi connectivity index (χ1v) is 7.95. The summed E-state index contributed by atoms with van der Waals surface area (Å²) in [6.07, 6.45) is 2.36. The number of hydrogen-bond donors (Lipinski definition) is 0. The van der Waals surface area contributed by atoms with E-state index < -0.39 is 5.79 Å². The highest BCUT2D eigenvalue weighted by Gasteiger charge is 2.32. The summed E-state index contributed by atoms with van der Waals surface area (Å²) in [4.78, 5) is 2.11. The Kier molecular flexibility index (Phi) is 15.3. The number of nitrogens with zero attached hydrogens (tertiary/aromatic N) is 1. The van der Waals surface area contributed by atoms with Crippen molar-refractivity contribution in [3.8, 4) is 0 Å². The topological polar surface area (TPSA) is 30.9 Å². The average molecular weight is 291 g/mol. The van der Waals surface area contributed by atoms with E-state index in [1.165, 1.54) is 6.42 Å². The summed E-state index contributed by atoms with van der Waals surface area (Å²) in [6.45, 7) is 15.3. The lowest BCUT2D eigenvalue weighted by Crippen LogP contribution is -2.23. The maximum atomic E-state index is 5.66. The lowest BCUT2D eigenvalue weighted by molar-refractivity contribution is -0.140. The van der Waals surface area contributed by atoms with E-state index in [4.69, 9.17) is 14.2 Å². The zero-order chi connectivity index (χ0) is 16.0. The van der Waals surface area contributed by atoms with E-state index >= 15 is 0 Å². The van der Waals surface area contributed by atoms with E-state index in [1.807, 2.05) is 41.8 Å². The van der Waals surface area contributed by atoms with Gasteiger partial charge in [-0.15, -0.1) is 0 Å². The highest BCUT2D eigenvalue weighted by Crippen LogP contribution is 2.23. The molecule has 1 unspecified atom stereocenters. The van der Waals surface area contributed by atoms with Gasteiger partial charge in [-0.2, -0.15) is 0 Å². The monoisotopic (exact) mass is 291 g/mol. The van der Waals surface area contributed by atoms with Crippen LogP contribution in [0.5, 0.6) is 0 Å². The molecule has 20 heavy (non-hydrogen) atoms. The molecule has 124 valence electrons. The third kappa shape index (κ3) is 14.3. The maximum absolute atomic E-state index is 5.66. The van der Waals surface area contributed by atoms with E-state index in [1.54, 1.807) is 0 Å². The molecule has 0 spiro atoms. The van der Waals surface area contributed by atoms with Crippen LogP contribution in [-0.4, -0.2) is 57.3 Å². The molecule has 1 fully saturated rings. The Hall–Kier alpha value is -0.160. The zero-order valence-corrected chi connectivity index (χ0v) is 15.0. The SMILES string of the molecule is CC.CCC.CN(C)CCOCCC1COC(C)(C)O1. The Balaban J connectivity index is 0. The summed E-state index contributed by atoms with van der Waals surface area (Å²) in [7, 11) is 4.08. The molecule has 1 saturated heterocycles. The second kappa shape index (κ2) is 13.8. The normalized spacial score (nSPS) is 19.9. The fraction of sp³-hybridized carbons (Fsp3) is 1.00. The van der Waals surface area contributed by atoms with Crippen molar-refractivity contribution in [3.05, 3.63) is 0 Å². The first-order chi connectivity index (χ1) is 9.41. The van der Waals surface area contributed by atoms with Crippen LogP contribution in [0.2, 0.25) is 0 Å². The highest BCUT2D eigenvalue weighted by molar-refractivity contribution is 4.70. The van der Waals surface area contributed by atoms with Crippen LogP contribution in [0.1, 0.15) is 54.4 Å². The van der Waals surface area contributed by atoms with Gasteiger partial charge >= 0.3 is 0 Å². The van der Waals surface area contributed by atoms with E-state index in [2.05, 4.69) is 18.7 Å². The highest BCUT2D eigenvalue weighted by atomic mass is 16.7. The van der Waals surface area contributed by atoms with Crippen molar-refractivity contribution >= 4 is 0 Å². The van der Waals surface area contributed by atoms with Gasteiger partial charge in [0.1, 0.15) is 0 Å². The van der Waals surface area contributed by atoms with Crippen LogP contribution in [0.25, 0.3) is 0 Å². The van der Waals surface area contributed by atoms with Gasteiger partial charge in [0.2, 0.25) is 0 Å². The van der Waals surface area contributed by atoms with Crippen molar-refractivity contribution in [2.75, 3.05) is 40.5 Å². The molecule has 0 aromatic rings. The second-order valence-electron chi connectivity index (χ2n) is 5.36. The molecule has 0 radical (unpaired) electrons. The smallest absolute Gasteiger partial charge is 0.163 e. The quantitative estimate of drug-likeness (QED) is 0.700. The molecule has 1 aliphatic heterocycles. The third-order valence-corrected chi connectivity index (χ3v) is 2.33. The molecule has 1 rings (SSSR count). The van der Waals surface area contributed by atoms with Crippen molar-refractivity contribution in [3.63, 3.8) is 0 Å². The fourth-order valence-corrected chi connectivity index (χ4v) is 1.47. The fourth-order valence-electron chi connectivity index (χ4n) is 1.47. The number of rotatable bonds is 6. The van der Waals surface area contributed by atoms with Gasteiger partial charge in [-0.1, -0.05) is 34.1 Å². The molecular weight excluding hydrogens is 254 g/mol. The lowest BCUT2D eigenvalue weighted by Gasteiger charge is -2.17. The molecule has 4 heteroatoms. The van der Waals surface area contributed by atoms with Crippen molar-refractivity contribution in [2.24, 2.45) is 0 Å². The molecule has 0 saturated carbocycles. The van der Waals surface area contributed by atoms with Crippen molar-refractivity contribution < 1.29 is 14.2 Å². The van der Waals surface area contributed by atoms with E-state index in [0.717, 1.165) is 26.2 Å². The van der Waals surface area contributed by atoms with Crippen LogP contribution in [0.4, 0.5) is 0 Å². The average Bonchev–Trinajstić information content (AvgIpc) is 2.72. The molecule has 4 nitrogen and oxygen atoms in total. The minimum absolute atomic E-state index is 0.194. The maximum Gasteiger partial charge on any atom is 0.163 e. The first kappa shape index (κ1) is 22.1. The first-order valence-electron chi connectivity index (χ1n) is 7.95. The zero-order valence-electron chi connectivity index (χ0n) is 15.0. The van der Waals surface area contributed by atoms with Gasteiger partial charge < -0.3 is 19.1 Å². The summed E-state index contributed by atoms with van der Waals surface area (Å²) in [5, 5.41) is 0. The Bertz CT molecular complexity index is 196. The number of likely N-dealkylation sites (N-methyl/N-ethyl adjacent to an activating group) is 1. The van der Waals surface area contributed by atoms with Gasteiger partial charge in [0.15, 0.2) is 5.79 Å². The van der Waals surface area contributed by atoms with Gasteiger partial charge in [0, 0.05) is 13.2 Å². The van der Waals surface area contributed by atoms with Crippen molar-refractivity contribution in [2.45, 2.75) is 66.3 Å². The summed E-state index contributed by atoms with van der Waals surface area (Å²) in [5.41, 5.74) is 0. The summed E-state index contributed by atoms with van der Waals surface area (Å²) in [6, 6.07) is 0.